The van der Waals surface area contributed by atoms with Crippen LogP contribution >= 0.6 is 0 Å². The maximum absolute atomic E-state index is 12.4. The second-order valence-corrected chi connectivity index (χ2v) is 5.32. The zero-order valence-corrected chi connectivity index (χ0v) is 15.7. The zero-order valence-electron chi connectivity index (χ0n) is 15.7. The smallest absolute Gasteiger partial charge is 0.342 e. The standard InChI is InChI=1S/C17H24N2O7/c1-6-25-16(22)11-10-18(3)15(14(11)17(23)26-7-2)19(4)12(20)8-9-13(21)24-5/h10H,6-9H2,1-5H3. The molecule has 0 saturated carbocycles. The number of aromatic nitrogens is 1. The van der Waals surface area contributed by atoms with Gasteiger partial charge in [0.05, 0.1) is 32.3 Å². The maximum Gasteiger partial charge on any atom is 0.342 e. The third kappa shape index (κ3) is 4.84. The summed E-state index contributed by atoms with van der Waals surface area (Å²) in [6, 6.07) is 0. The molecule has 0 spiro atoms. The van der Waals surface area contributed by atoms with Crippen LogP contribution in [-0.2, 0) is 30.8 Å². The fraction of sp³-hybridized carbons (Fsp3) is 0.529. The molecule has 0 saturated heterocycles. The molecule has 9 heteroatoms. The summed E-state index contributed by atoms with van der Waals surface area (Å²) in [6.45, 7) is 3.53. The molecule has 9 nitrogen and oxygen atoms in total. The van der Waals surface area contributed by atoms with Gasteiger partial charge in [-0.05, 0) is 13.8 Å². The Morgan fingerprint density at radius 2 is 1.62 bits per heavy atom. The molecule has 0 radical (unpaired) electrons. The van der Waals surface area contributed by atoms with E-state index in [1.807, 2.05) is 0 Å². The lowest BCUT2D eigenvalue weighted by Gasteiger charge is -2.19. The number of rotatable bonds is 8. The van der Waals surface area contributed by atoms with Crippen molar-refractivity contribution in [2.75, 3.05) is 32.3 Å². The van der Waals surface area contributed by atoms with Gasteiger partial charge in [-0.15, -0.1) is 0 Å². The van der Waals surface area contributed by atoms with E-state index < -0.39 is 23.8 Å². The van der Waals surface area contributed by atoms with E-state index in [1.54, 1.807) is 20.9 Å². The molecule has 1 heterocycles. The first-order valence-electron chi connectivity index (χ1n) is 8.15. The predicted molar refractivity (Wildman–Crippen MR) is 92.0 cm³/mol. The fourth-order valence-electron chi connectivity index (χ4n) is 2.39. The van der Waals surface area contributed by atoms with Crippen molar-refractivity contribution in [2.45, 2.75) is 26.7 Å². The van der Waals surface area contributed by atoms with E-state index in [0.717, 1.165) is 0 Å². The van der Waals surface area contributed by atoms with Gasteiger partial charge in [0.15, 0.2) is 0 Å². The number of aryl methyl sites for hydroxylation is 1. The summed E-state index contributed by atoms with van der Waals surface area (Å²) >= 11 is 0. The molecule has 0 atom stereocenters. The largest absolute Gasteiger partial charge is 0.469 e. The van der Waals surface area contributed by atoms with Gasteiger partial charge in [0.2, 0.25) is 5.91 Å². The van der Waals surface area contributed by atoms with E-state index in [4.69, 9.17) is 9.47 Å². The molecular weight excluding hydrogens is 344 g/mol. The summed E-state index contributed by atoms with van der Waals surface area (Å²) in [5.41, 5.74) is -0.0443. The number of hydrogen-bond donors (Lipinski definition) is 0. The highest BCUT2D eigenvalue weighted by molar-refractivity contribution is 6.09. The number of hydrogen-bond acceptors (Lipinski definition) is 7. The topological polar surface area (TPSA) is 104 Å². The summed E-state index contributed by atoms with van der Waals surface area (Å²) in [5, 5.41) is 0. The Bertz CT molecular complexity index is 694. The average molecular weight is 368 g/mol. The van der Waals surface area contributed by atoms with E-state index in [1.165, 1.54) is 29.8 Å². The first kappa shape index (κ1) is 21.2. The van der Waals surface area contributed by atoms with Crippen LogP contribution in [0.1, 0.15) is 47.4 Å². The highest BCUT2D eigenvalue weighted by Crippen LogP contribution is 2.27. The maximum atomic E-state index is 12.4. The number of amides is 1. The molecular formula is C17H24N2O7. The summed E-state index contributed by atoms with van der Waals surface area (Å²) < 4.78 is 16.0. The van der Waals surface area contributed by atoms with Crippen LogP contribution in [0.15, 0.2) is 6.20 Å². The summed E-state index contributed by atoms with van der Waals surface area (Å²) in [5.74, 6) is -2.18. The fourth-order valence-corrected chi connectivity index (χ4v) is 2.39. The summed E-state index contributed by atoms with van der Waals surface area (Å²) in [7, 11) is 4.27. The number of methoxy groups -OCH3 is 1. The monoisotopic (exact) mass is 368 g/mol. The number of esters is 3. The van der Waals surface area contributed by atoms with Crippen molar-refractivity contribution in [2.24, 2.45) is 7.05 Å². The molecule has 1 aromatic rings. The average Bonchev–Trinajstić information content (AvgIpc) is 2.96. The minimum absolute atomic E-state index is 0.00965. The van der Waals surface area contributed by atoms with E-state index in [2.05, 4.69) is 4.74 Å². The summed E-state index contributed by atoms with van der Waals surface area (Å²) in [4.78, 5) is 49.4. The molecule has 0 aliphatic rings. The normalized spacial score (nSPS) is 10.2. The minimum atomic E-state index is -0.737. The molecule has 0 bridgehead atoms. The Labute approximate surface area is 151 Å². The highest BCUT2D eigenvalue weighted by Gasteiger charge is 2.30. The third-order valence-electron chi connectivity index (χ3n) is 3.59. The summed E-state index contributed by atoms with van der Waals surface area (Å²) in [6.07, 6.45) is 1.21. The lowest BCUT2D eigenvalue weighted by molar-refractivity contribution is -0.141. The van der Waals surface area contributed by atoms with Gasteiger partial charge < -0.3 is 23.7 Å². The number of nitrogens with zero attached hydrogens (tertiary/aromatic N) is 2. The molecule has 0 aliphatic carbocycles. The number of carbonyl (C=O) groups is 4. The molecule has 0 aliphatic heterocycles. The molecule has 0 unspecified atom stereocenters. The van der Waals surface area contributed by atoms with Crippen molar-refractivity contribution < 1.29 is 33.4 Å². The SMILES string of the molecule is CCOC(=O)c1cn(C)c(N(C)C(=O)CCC(=O)OC)c1C(=O)OCC. The van der Waals surface area contributed by atoms with Gasteiger partial charge in [0.1, 0.15) is 11.4 Å². The number of ether oxygens (including phenoxy) is 3. The van der Waals surface area contributed by atoms with Gasteiger partial charge >= 0.3 is 17.9 Å². The molecule has 0 N–H and O–H groups in total. The van der Waals surface area contributed by atoms with Crippen molar-refractivity contribution in [1.82, 2.24) is 4.57 Å². The molecule has 26 heavy (non-hydrogen) atoms. The number of carbonyl (C=O) groups excluding carboxylic acids is 4. The Morgan fingerprint density at radius 3 is 2.15 bits per heavy atom. The lowest BCUT2D eigenvalue weighted by atomic mass is 10.1. The van der Waals surface area contributed by atoms with Crippen molar-refractivity contribution in [3.63, 3.8) is 0 Å². The van der Waals surface area contributed by atoms with Crippen molar-refractivity contribution in [1.29, 1.82) is 0 Å². The Morgan fingerprint density at radius 1 is 1.04 bits per heavy atom. The van der Waals surface area contributed by atoms with Crippen LogP contribution in [0.4, 0.5) is 5.82 Å². The molecule has 144 valence electrons. The Kier molecular flexibility index (Phi) is 7.82. The van der Waals surface area contributed by atoms with E-state index in [0.29, 0.717) is 0 Å². The van der Waals surface area contributed by atoms with Gasteiger partial charge in [-0.3, -0.25) is 9.59 Å². The molecule has 0 fully saturated rings. The van der Waals surface area contributed by atoms with Gasteiger partial charge in [-0.2, -0.15) is 0 Å². The molecule has 0 aromatic carbocycles. The first-order valence-corrected chi connectivity index (χ1v) is 8.15. The molecule has 1 rings (SSSR count). The highest BCUT2D eigenvalue weighted by atomic mass is 16.5. The first-order chi connectivity index (χ1) is 12.3. The Hall–Kier alpha value is -2.84. The van der Waals surface area contributed by atoms with Crippen LogP contribution in [0, 0.1) is 0 Å². The van der Waals surface area contributed by atoms with Crippen LogP contribution in [0.2, 0.25) is 0 Å². The van der Waals surface area contributed by atoms with Gasteiger partial charge in [0, 0.05) is 26.7 Å². The predicted octanol–water partition coefficient (Wildman–Crippen LogP) is 1.29. The van der Waals surface area contributed by atoms with E-state index in [-0.39, 0.29) is 43.0 Å². The van der Waals surface area contributed by atoms with Gasteiger partial charge in [-0.1, -0.05) is 0 Å². The van der Waals surface area contributed by atoms with Crippen molar-refractivity contribution in [3.05, 3.63) is 17.3 Å². The van der Waals surface area contributed by atoms with Gasteiger partial charge in [-0.25, -0.2) is 9.59 Å². The minimum Gasteiger partial charge on any atom is -0.469 e. The molecule has 1 aromatic heterocycles. The quantitative estimate of drug-likeness (QED) is 0.503. The lowest BCUT2D eigenvalue weighted by Crippen LogP contribution is -2.30. The second-order valence-electron chi connectivity index (χ2n) is 5.32. The van der Waals surface area contributed by atoms with Crippen molar-refractivity contribution in [3.8, 4) is 0 Å². The molecule has 1 amide bonds. The van der Waals surface area contributed by atoms with Crippen LogP contribution in [0.25, 0.3) is 0 Å². The van der Waals surface area contributed by atoms with Crippen LogP contribution < -0.4 is 4.90 Å². The van der Waals surface area contributed by atoms with Crippen molar-refractivity contribution >= 4 is 29.6 Å². The van der Waals surface area contributed by atoms with E-state index >= 15 is 0 Å². The van der Waals surface area contributed by atoms with Gasteiger partial charge in [0.25, 0.3) is 0 Å². The third-order valence-corrected chi connectivity index (χ3v) is 3.59. The van der Waals surface area contributed by atoms with Crippen LogP contribution in [0.5, 0.6) is 0 Å². The Balaban J connectivity index is 3.27. The second kappa shape index (κ2) is 9.59. The van der Waals surface area contributed by atoms with Crippen LogP contribution in [0.3, 0.4) is 0 Å². The zero-order chi connectivity index (χ0) is 19.9. The van der Waals surface area contributed by atoms with E-state index in [9.17, 15) is 19.2 Å². The van der Waals surface area contributed by atoms with Crippen LogP contribution in [-0.4, -0.2) is 55.8 Å². The number of anilines is 1.